The van der Waals surface area contributed by atoms with E-state index in [2.05, 4.69) is 0 Å². The Hall–Kier alpha value is 3.52. The van der Waals surface area contributed by atoms with Gasteiger partial charge >= 0.3 is 105 Å². The molecule has 0 aromatic rings. The van der Waals surface area contributed by atoms with E-state index < -0.39 is 18.1 Å². The molecule has 8 heteroatoms. The fourth-order valence-corrected chi connectivity index (χ4v) is 0. The minimum absolute atomic E-state index is 0. The second-order valence-electron chi connectivity index (χ2n) is 0.600. The van der Waals surface area contributed by atoms with Gasteiger partial charge in [-0.05, 0) is 0 Å². The van der Waals surface area contributed by atoms with E-state index in [0.717, 1.165) is 0 Å². The first kappa shape index (κ1) is 22.5. The molecule has 4 N–H and O–H groups in total. The molecule has 0 heterocycles. The van der Waals surface area contributed by atoms with Crippen molar-refractivity contribution in [3.63, 3.8) is 0 Å². The van der Waals surface area contributed by atoms with Crippen LogP contribution in [0.4, 0.5) is 0 Å². The van der Waals surface area contributed by atoms with Gasteiger partial charge in [0.2, 0.25) is 0 Å². The van der Waals surface area contributed by atoms with E-state index in [9.17, 15) is 0 Å². The SMILES string of the molecule is [BaH2].[MgH2].[OH][Ti]([OH])([OH])[OH].[Zn]. The summed E-state index contributed by atoms with van der Waals surface area (Å²) in [5.41, 5.74) is 0. The topological polar surface area (TPSA) is 80.9 Å². The number of hydrogen-bond donors (Lipinski definition) is 4. The first-order valence-corrected chi connectivity index (χ1v) is 3.69. The third-order valence-electron chi connectivity index (χ3n) is 0. The smallest absolute Gasteiger partial charge is 0 e. The Balaban J connectivity index is -0.0000000267. The van der Waals surface area contributed by atoms with Crippen LogP contribution in [0.5, 0.6) is 0 Å². The van der Waals surface area contributed by atoms with Gasteiger partial charge in [0.15, 0.2) is 0 Å². The normalized spacial score (nSPS) is 7.50. The summed E-state index contributed by atoms with van der Waals surface area (Å²) < 4.78 is 29.5. The van der Waals surface area contributed by atoms with Crippen LogP contribution >= 0.6 is 0 Å². The Morgan fingerprint density at radius 1 is 0.875 bits per heavy atom. The van der Waals surface area contributed by atoms with Gasteiger partial charge < -0.3 is 0 Å². The Morgan fingerprint density at radius 3 is 0.875 bits per heavy atom. The molecule has 0 radical (unpaired) electrons. The van der Waals surface area contributed by atoms with Gasteiger partial charge in [-0.15, -0.1) is 0 Å². The maximum atomic E-state index is 7.38. The third-order valence-corrected chi connectivity index (χ3v) is 0. The molecule has 0 aromatic heterocycles. The molecular formula is H8BaMgO4TiZn. The van der Waals surface area contributed by atoms with Gasteiger partial charge in [-0.1, -0.05) is 0 Å². The summed E-state index contributed by atoms with van der Waals surface area (Å²) in [6, 6.07) is 0. The molecule has 0 aromatic carbocycles. The first-order chi connectivity index (χ1) is 2.00. The number of hydrogen-bond acceptors (Lipinski definition) is 4. The summed E-state index contributed by atoms with van der Waals surface area (Å²) in [4.78, 5) is 0. The minimum Gasteiger partial charge on any atom is 0 e. The fraction of sp³-hybridized carbons (Fsp3) is 0. The van der Waals surface area contributed by atoms with Crippen molar-refractivity contribution in [1.82, 2.24) is 0 Å². The van der Waals surface area contributed by atoms with Crippen molar-refractivity contribution < 1.29 is 52.4 Å². The standard InChI is InChI=1S/Ba.Mg.4H2O.Ti.Zn.4H/h;;4*1H2;;;;;;/q;;;;;;+4;;;;;/p-4. The van der Waals surface area contributed by atoms with E-state index in [1.54, 1.807) is 0 Å². The van der Waals surface area contributed by atoms with Crippen LogP contribution in [0.3, 0.4) is 0 Å². The Morgan fingerprint density at radius 2 is 0.875 bits per heavy atom. The van der Waals surface area contributed by atoms with Crippen molar-refractivity contribution in [2.75, 3.05) is 0 Å². The van der Waals surface area contributed by atoms with Gasteiger partial charge in [0.25, 0.3) is 0 Å². The molecule has 0 aliphatic heterocycles. The van der Waals surface area contributed by atoms with E-state index in [-0.39, 0.29) is 91.4 Å². The van der Waals surface area contributed by atoms with Crippen molar-refractivity contribution in [2.45, 2.75) is 0 Å². The van der Waals surface area contributed by atoms with Gasteiger partial charge in [0.05, 0.1) is 0 Å². The molecule has 0 aliphatic carbocycles. The predicted molar refractivity (Wildman–Crippen MR) is 26.0 cm³/mol. The summed E-state index contributed by atoms with van der Waals surface area (Å²) in [7, 11) is 0. The van der Waals surface area contributed by atoms with Crippen molar-refractivity contribution in [1.29, 1.82) is 0 Å². The van der Waals surface area contributed by atoms with Crippen LogP contribution in [0, 0.1) is 0 Å². The Bertz CT molecular complexity index is 31.5. The summed E-state index contributed by atoms with van der Waals surface area (Å²) in [5, 5.41) is 0. The molecule has 0 atom stereocenters. The quantitative estimate of drug-likeness (QED) is 0.336. The fourth-order valence-electron chi connectivity index (χ4n) is 0. The summed E-state index contributed by atoms with van der Waals surface area (Å²) >= 11 is -5.00. The van der Waals surface area contributed by atoms with Crippen LogP contribution in [-0.4, -0.2) is 86.7 Å². The molecule has 0 saturated carbocycles. The molecule has 42 valence electrons. The van der Waals surface area contributed by atoms with E-state index in [0.29, 0.717) is 0 Å². The molecule has 0 rings (SSSR count). The number of rotatable bonds is 0. The van der Waals surface area contributed by atoms with Gasteiger partial charge in [-0.2, -0.15) is 0 Å². The molecule has 4 nitrogen and oxygen atoms in total. The zero-order chi connectivity index (χ0) is 4.50. The van der Waals surface area contributed by atoms with Crippen LogP contribution in [0.25, 0.3) is 0 Å². The molecule has 0 fully saturated rings. The summed E-state index contributed by atoms with van der Waals surface area (Å²) in [6.45, 7) is 0. The first-order valence-electron chi connectivity index (χ1n) is 0.894. The second kappa shape index (κ2) is 10.5. The Kier molecular flexibility index (Phi) is 29.6. The van der Waals surface area contributed by atoms with Crippen LogP contribution in [-0.2, 0) is 37.6 Å². The van der Waals surface area contributed by atoms with Crippen molar-refractivity contribution >= 4 is 71.9 Å². The maximum Gasteiger partial charge on any atom is 0 e. The molecule has 0 amide bonds. The monoisotopic (exact) mass is 346 g/mol. The predicted octanol–water partition coefficient (Wildman–Crippen LogP) is -4.07. The van der Waals surface area contributed by atoms with E-state index in [4.69, 9.17) is 14.8 Å². The van der Waals surface area contributed by atoms with Crippen molar-refractivity contribution in [2.24, 2.45) is 0 Å². The van der Waals surface area contributed by atoms with Crippen LogP contribution < -0.4 is 0 Å². The zero-order valence-electron chi connectivity index (χ0n) is 3.00. The molecule has 0 unspecified atom stereocenters. The maximum absolute atomic E-state index is 7.38. The molecule has 8 heavy (non-hydrogen) atoms. The zero-order valence-corrected chi connectivity index (χ0v) is 7.52. The van der Waals surface area contributed by atoms with Gasteiger partial charge in [-0.25, -0.2) is 0 Å². The average Bonchev–Trinajstić information content (AvgIpc) is 0.722. The second-order valence-corrected chi connectivity index (χ2v) is 2.47. The van der Waals surface area contributed by atoms with E-state index >= 15 is 0 Å². The molecule has 0 saturated heterocycles. The van der Waals surface area contributed by atoms with Gasteiger partial charge in [0, 0.05) is 19.5 Å². The van der Waals surface area contributed by atoms with Crippen LogP contribution in [0.1, 0.15) is 0 Å². The van der Waals surface area contributed by atoms with E-state index in [1.807, 2.05) is 0 Å². The van der Waals surface area contributed by atoms with Gasteiger partial charge in [-0.3, -0.25) is 0 Å². The van der Waals surface area contributed by atoms with Gasteiger partial charge in [0.1, 0.15) is 0 Å². The largest absolute Gasteiger partial charge is 0 e. The molecule has 0 spiro atoms. The molecular weight excluding hydrogens is 339 g/mol. The third kappa shape index (κ3) is 55.8. The van der Waals surface area contributed by atoms with E-state index in [1.165, 1.54) is 0 Å². The Labute approximate surface area is 121 Å². The molecule has 0 aliphatic rings. The summed E-state index contributed by atoms with van der Waals surface area (Å²) in [5.74, 6) is 0. The van der Waals surface area contributed by atoms with Crippen LogP contribution in [0.15, 0.2) is 0 Å². The van der Waals surface area contributed by atoms with Crippen molar-refractivity contribution in [3.8, 4) is 0 Å². The minimum atomic E-state index is -5.00. The molecule has 0 bridgehead atoms. The van der Waals surface area contributed by atoms with Crippen molar-refractivity contribution in [3.05, 3.63) is 0 Å². The summed E-state index contributed by atoms with van der Waals surface area (Å²) in [6.07, 6.45) is 0. The average molecular weight is 347 g/mol. The van der Waals surface area contributed by atoms with Crippen LogP contribution in [0.2, 0.25) is 0 Å².